The van der Waals surface area contributed by atoms with Crippen LogP contribution in [0.2, 0.25) is 0 Å². The highest BCUT2D eigenvalue weighted by Gasteiger charge is 2.14. The van der Waals surface area contributed by atoms with Crippen molar-refractivity contribution in [1.29, 1.82) is 0 Å². The van der Waals surface area contributed by atoms with E-state index in [4.69, 9.17) is 9.52 Å². The maximum Gasteiger partial charge on any atom is 0.219 e. The Morgan fingerprint density at radius 1 is 1.20 bits per heavy atom. The van der Waals surface area contributed by atoms with Gasteiger partial charge in [0, 0.05) is 17.2 Å². The monoisotopic (exact) mass is 283 g/mol. The van der Waals surface area contributed by atoms with Crippen LogP contribution in [-0.2, 0) is 6.61 Å². The largest absolute Gasteiger partial charge is 0.442 e. The van der Waals surface area contributed by atoms with Crippen LogP contribution in [0.25, 0.3) is 12.2 Å². The maximum atomic E-state index is 13.7. The first-order valence-electron chi connectivity index (χ1n) is 5.83. The fraction of sp³-hybridized carbons (Fsp3) is 0.214. The Morgan fingerprint density at radius 2 is 1.90 bits per heavy atom. The minimum Gasteiger partial charge on any atom is -0.442 e. The Hall–Kier alpha value is -2.08. The number of hydrogen-bond donors (Lipinski definition) is 1. The first-order valence-corrected chi connectivity index (χ1v) is 5.83. The molecule has 0 saturated carbocycles. The third-order valence-corrected chi connectivity index (χ3v) is 2.87. The van der Waals surface area contributed by atoms with Crippen molar-refractivity contribution in [1.82, 2.24) is 4.98 Å². The fourth-order valence-corrected chi connectivity index (χ4v) is 1.71. The van der Waals surface area contributed by atoms with Crippen LogP contribution in [0.5, 0.6) is 0 Å². The lowest BCUT2D eigenvalue weighted by Gasteiger charge is -2.03. The minimum atomic E-state index is -1.20. The molecule has 3 nitrogen and oxygen atoms in total. The molecule has 0 bridgehead atoms. The van der Waals surface area contributed by atoms with Gasteiger partial charge in [0.25, 0.3) is 0 Å². The van der Waals surface area contributed by atoms with Gasteiger partial charge in [0.1, 0.15) is 17.3 Å². The normalized spacial score (nSPS) is 11.5. The molecule has 106 valence electrons. The molecule has 6 heteroatoms. The predicted octanol–water partition coefficient (Wildman–Crippen LogP) is 3.37. The molecule has 0 atom stereocenters. The van der Waals surface area contributed by atoms with Gasteiger partial charge in [-0.25, -0.2) is 18.2 Å². The van der Waals surface area contributed by atoms with Gasteiger partial charge in [0.05, 0.1) is 6.61 Å². The second kappa shape index (κ2) is 5.50. The summed E-state index contributed by atoms with van der Waals surface area (Å²) in [4.78, 5) is 3.94. The Labute approximate surface area is 113 Å². The van der Waals surface area contributed by atoms with E-state index in [1.165, 1.54) is 12.2 Å². The number of benzene rings is 1. The fourth-order valence-electron chi connectivity index (χ4n) is 1.71. The van der Waals surface area contributed by atoms with Gasteiger partial charge in [-0.1, -0.05) is 0 Å². The highest BCUT2D eigenvalue weighted by atomic mass is 19.2. The summed E-state index contributed by atoms with van der Waals surface area (Å²) >= 11 is 0. The average molecular weight is 283 g/mol. The van der Waals surface area contributed by atoms with E-state index in [9.17, 15) is 13.2 Å². The summed E-state index contributed by atoms with van der Waals surface area (Å²) in [7, 11) is 0. The zero-order valence-corrected chi connectivity index (χ0v) is 10.9. The third-order valence-electron chi connectivity index (χ3n) is 2.87. The summed E-state index contributed by atoms with van der Waals surface area (Å²) in [6, 6.07) is 0.761. The van der Waals surface area contributed by atoms with E-state index in [-0.39, 0.29) is 23.6 Å². The summed E-state index contributed by atoms with van der Waals surface area (Å²) < 4.78 is 45.3. The number of aryl methyl sites for hydroxylation is 1. The molecule has 0 fully saturated rings. The number of rotatable bonds is 3. The highest BCUT2D eigenvalue weighted by Crippen LogP contribution is 2.21. The van der Waals surface area contributed by atoms with Gasteiger partial charge < -0.3 is 9.52 Å². The lowest BCUT2D eigenvalue weighted by molar-refractivity contribution is 0.275. The van der Waals surface area contributed by atoms with E-state index >= 15 is 0 Å². The van der Waals surface area contributed by atoms with Gasteiger partial charge in [-0.15, -0.1) is 0 Å². The quantitative estimate of drug-likeness (QED) is 0.878. The second-order valence-electron chi connectivity index (χ2n) is 4.25. The molecule has 2 rings (SSSR count). The van der Waals surface area contributed by atoms with Gasteiger partial charge in [-0.3, -0.25) is 0 Å². The van der Waals surface area contributed by atoms with Crippen molar-refractivity contribution in [2.75, 3.05) is 0 Å². The van der Waals surface area contributed by atoms with Crippen molar-refractivity contribution in [2.24, 2.45) is 0 Å². The number of nitrogens with zero attached hydrogens (tertiary/aromatic N) is 1. The zero-order valence-electron chi connectivity index (χ0n) is 10.9. The molecular formula is C14H12F3NO2. The molecule has 1 heterocycles. The van der Waals surface area contributed by atoms with Crippen molar-refractivity contribution in [3.63, 3.8) is 0 Å². The van der Waals surface area contributed by atoms with E-state index in [0.29, 0.717) is 11.5 Å². The summed E-state index contributed by atoms with van der Waals surface area (Å²) in [6.45, 7) is 2.50. The molecule has 2 aromatic rings. The van der Waals surface area contributed by atoms with E-state index < -0.39 is 17.5 Å². The Kier molecular flexibility index (Phi) is 3.94. The van der Waals surface area contributed by atoms with Crippen LogP contribution in [-0.4, -0.2) is 10.1 Å². The third kappa shape index (κ3) is 2.60. The molecule has 1 N–H and O–H groups in total. The number of halogens is 3. The number of hydrogen-bond acceptors (Lipinski definition) is 3. The molecule has 1 aromatic heterocycles. The molecule has 0 aliphatic rings. The summed E-state index contributed by atoms with van der Waals surface area (Å²) in [5.74, 6) is -2.58. The van der Waals surface area contributed by atoms with Crippen molar-refractivity contribution in [3.8, 4) is 0 Å². The highest BCUT2D eigenvalue weighted by molar-refractivity contribution is 5.67. The zero-order chi connectivity index (χ0) is 14.9. The van der Waals surface area contributed by atoms with E-state index in [1.54, 1.807) is 6.92 Å². The van der Waals surface area contributed by atoms with Gasteiger partial charge >= 0.3 is 0 Å². The molecule has 0 aliphatic heterocycles. The molecule has 0 spiro atoms. The number of oxazole rings is 1. The lowest BCUT2D eigenvalue weighted by atomic mass is 10.1. The van der Waals surface area contributed by atoms with Crippen molar-refractivity contribution in [2.45, 2.75) is 20.5 Å². The summed E-state index contributed by atoms with van der Waals surface area (Å²) in [6.07, 6.45) is 2.55. The molecule has 20 heavy (non-hydrogen) atoms. The van der Waals surface area contributed by atoms with Crippen LogP contribution in [0, 0.1) is 31.3 Å². The predicted molar refractivity (Wildman–Crippen MR) is 67.1 cm³/mol. The maximum absolute atomic E-state index is 13.7. The van der Waals surface area contributed by atoms with Gasteiger partial charge in [-0.2, -0.15) is 0 Å². The summed E-state index contributed by atoms with van der Waals surface area (Å²) in [5.41, 5.74) is -0.126. The van der Waals surface area contributed by atoms with Crippen LogP contribution >= 0.6 is 0 Å². The van der Waals surface area contributed by atoms with Gasteiger partial charge in [0.2, 0.25) is 5.89 Å². The number of aliphatic hydroxyl groups is 1. The van der Waals surface area contributed by atoms with Crippen LogP contribution < -0.4 is 0 Å². The number of aliphatic hydroxyl groups excluding tert-OH is 1. The second-order valence-corrected chi connectivity index (χ2v) is 4.25. The molecule has 0 amide bonds. The average Bonchev–Trinajstić information content (AvgIpc) is 2.79. The van der Waals surface area contributed by atoms with Crippen LogP contribution in [0.4, 0.5) is 13.2 Å². The molecule has 0 saturated heterocycles. The van der Waals surface area contributed by atoms with E-state index in [0.717, 1.165) is 13.0 Å². The van der Waals surface area contributed by atoms with Crippen molar-refractivity contribution >= 4 is 12.2 Å². The van der Waals surface area contributed by atoms with E-state index in [2.05, 4.69) is 4.98 Å². The van der Waals surface area contributed by atoms with Crippen LogP contribution in [0.1, 0.15) is 28.5 Å². The molecule has 1 aromatic carbocycles. The first-order chi connectivity index (χ1) is 9.43. The molecule has 0 radical (unpaired) electrons. The Balaban J connectivity index is 2.36. The van der Waals surface area contributed by atoms with Crippen molar-refractivity contribution < 1.29 is 22.7 Å². The SMILES string of the molecule is Cc1oc(C=Cc2cc(F)c(F)c(C)c2F)nc1CO. The number of aromatic nitrogens is 1. The Bertz CT molecular complexity index is 678. The Morgan fingerprint density at radius 3 is 2.50 bits per heavy atom. The summed E-state index contributed by atoms with van der Waals surface area (Å²) in [5, 5.41) is 8.97. The standard InChI is InChI=1S/C14H12F3NO2/c1-7-13(16)9(5-10(15)14(7)17)3-4-12-18-11(6-19)8(2)20-12/h3-5,19H,6H2,1-2H3. The first kappa shape index (κ1) is 14.3. The van der Waals surface area contributed by atoms with Crippen molar-refractivity contribution in [3.05, 3.63) is 52.0 Å². The lowest BCUT2D eigenvalue weighted by Crippen LogP contribution is -1.96. The van der Waals surface area contributed by atoms with Crippen LogP contribution in [0.15, 0.2) is 10.5 Å². The smallest absolute Gasteiger partial charge is 0.219 e. The minimum absolute atomic E-state index is 0.109. The van der Waals surface area contributed by atoms with E-state index in [1.807, 2.05) is 0 Å². The molecule has 0 unspecified atom stereocenters. The molecular weight excluding hydrogens is 271 g/mol. The topological polar surface area (TPSA) is 46.3 Å². The van der Waals surface area contributed by atoms with Crippen LogP contribution in [0.3, 0.4) is 0 Å². The van der Waals surface area contributed by atoms with Gasteiger partial charge in [-0.05, 0) is 26.0 Å². The van der Waals surface area contributed by atoms with Gasteiger partial charge in [0.15, 0.2) is 11.6 Å². The molecule has 0 aliphatic carbocycles.